The predicted octanol–water partition coefficient (Wildman–Crippen LogP) is 2.00. The lowest BCUT2D eigenvalue weighted by molar-refractivity contribution is -0.126. The zero-order chi connectivity index (χ0) is 16.6. The number of carbonyl (C=O) groups is 3. The van der Waals surface area contributed by atoms with Gasteiger partial charge in [-0.3, -0.25) is 14.9 Å². The summed E-state index contributed by atoms with van der Waals surface area (Å²) in [4.78, 5) is 36.8. The summed E-state index contributed by atoms with van der Waals surface area (Å²) in [6.45, 7) is 2.20. The van der Waals surface area contributed by atoms with Crippen LogP contribution in [0.4, 0.5) is 4.79 Å². The largest absolute Gasteiger partial charge is 0.355 e. The average molecular weight is 356 g/mol. The molecule has 6 nitrogen and oxygen atoms in total. The zero-order valence-electron chi connectivity index (χ0n) is 12.6. The van der Waals surface area contributed by atoms with Gasteiger partial charge in [-0.1, -0.05) is 18.0 Å². The second kappa shape index (κ2) is 6.13. The third-order valence-electron chi connectivity index (χ3n) is 4.73. The first-order chi connectivity index (χ1) is 10.9. The summed E-state index contributed by atoms with van der Waals surface area (Å²) in [6.07, 6.45) is 2.26. The van der Waals surface area contributed by atoms with Gasteiger partial charge in [-0.25, -0.2) is 4.79 Å². The van der Waals surface area contributed by atoms with E-state index < -0.39 is 11.6 Å². The zero-order valence-corrected chi connectivity index (χ0v) is 14.2. The predicted molar refractivity (Wildman–Crippen MR) is 87.5 cm³/mol. The third-order valence-corrected chi connectivity index (χ3v) is 6.14. The fourth-order valence-electron chi connectivity index (χ4n) is 3.39. The highest BCUT2D eigenvalue weighted by Crippen LogP contribution is 2.37. The molecule has 1 aromatic heterocycles. The van der Waals surface area contributed by atoms with Crippen LogP contribution in [0, 0.1) is 5.92 Å². The van der Waals surface area contributed by atoms with Crippen LogP contribution >= 0.6 is 22.9 Å². The van der Waals surface area contributed by atoms with E-state index in [4.69, 9.17) is 11.6 Å². The van der Waals surface area contributed by atoms with E-state index in [9.17, 15) is 14.4 Å². The number of imide groups is 1. The minimum Gasteiger partial charge on any atom is -0.355 e. The molecule has 3 atom stereocenters. The van der Waals surface area contributed by atoms with Crippen molar-refractivity contribution >= 4 is 40.8 Å². The lowest BCUT2D eigenvalue weighted by Gasteiger charge is -2.28. The molecule has 0 aromatic carbocycles. The average Bonchev–Trinajstić information content (AvgIpc) is 3.17. The second-order valence-corrected chi connectivity index (χ2v) is 7.82. The Morgan fingerprint density at radius 1 is 1.52 bits per heavy atom. The summed E-state index contributed by atoms with van der Waals surface area (Å²) >= 11 is 7.29. The van der Waals surface area contributed by atoms with Crippen molar-refractivity contribution in [2.45, 2.75) is 37.6 Å². The summed E-state index contributed by atoms with van der Waals surface area (Å²) in [7, 11) is 0. The molecule has 2 aliphatic rings. The lowest BCUT2D eigenvalue weighted by atomic mass is 9.87. The molecule has 2 fully saturated rings. The number of amides is 4. The summed E-state index contributed by atoms with van der Waals surface area (Å²) < 4.78 is 0.653. The first kappa shape index (κ1) is 16.3. The van der Waals surface area contributed by atoms with Crippen molar-refractivity contribution in [3.63, 3.8) is 0 Å². The molecule has 1 saturated carbocycles. The van der Waals surface area contributed by atoms with Gasteiger partial charge in [-0.2, -0.15) is 0 Å². The molecule has 0 bridgehead atoms. The molecule has 124 valence electrons. The number of nitrogens with one attached hydrogen (secondary N) is 3. The van der Waals surface area contributed by atoms with Gasteiger partial charge in [0.05, 0.1) is 10.3 Å². The summed E-state index contributed by atoms with van der Waals surface area (Å²) in [5, 5.41) is 7.97. The van der Waals surface area contributed by atoms with E-state index >= 15 is 0 Å². The molecule has 1 aromatic rings. The maximum Gasteiger partial charge on any atom is 0.322 e. The molecule has 4 amide bonds. The van der Waals surface area contributed by atoms with Crippen LogP contribution in [-0.4, -0.2) is 29.9 Å². The molecule has 0 radical (unpaired) electrons. The maximum atomic E-state index is 12.3. The number of hydrogen-bond acceptors (Lipinski definition) is 4. The molecule has 23 heavy (non-hydrogen) atoms. The van der Waals surface area contributed by atoms with Gasteiger partial charge in [0.1, 0.15) is 5.54 Å². The minimum atomic E-state index is -0.861. The highest BCUT2D eigenvalue weighted by Gasteiger charge is 2.54. The summed E-state index contributed by atoms with van der Waals surface area (Å²) in [5.74, 6) is -0.762. The van der Waals surface area contributed by atoms with Gasteiger partial charge >= 0.3 is 6.03 Å². The van der Waals surface area contributed by atoms with Gasteiger partial charge in [0.25, 0.3) is 5.91 Å². The van der Waals surface area contributed by atoms with Crippen molar-refractivity contribution in [1.29, 1.82) is 0 Å². The van der Waals surface area contributed by atoms with Crippen LogP contribution in [0.5, 0.6) is 0 Å². The Hall–Kier alpha value is -1.60. The van der Waals surface area contributed by atoms with Crippen LogP contribution in [-0.2, 0) is 9.59 Å². The van der Waals surface area contributed by atoms with Gasteiger partial charge < -0.3 is 10.6 Å². The van der Waals surface area contributed by atoms with E-state index in [1.807, 2.05) is 13.0 Å². The van der Waals surface area contributed by atoms with Crippen molar-refractivity contribution in [2.75, 3.05) is 6.54 Å². The quantitative estimate of drug-likeness (QED) is 0.722. The van der Waals surface area contributed by atoms with Crippen molar-refractivity contribution < 1.29 is 14.4 Å². The molecule has 8 heteroatoms. The van der Waals surface area contributed by atoms with E-state index in [1.54, 1.807) is 6.07 Å². The smallest absolute Gasteiger partial charge is 0.322 e. The van der Waals surface area contributed by atoms with Crippen molar-refractivity contribution in [3.05, 3.63) is 21.3 Å². The summed E-state index contributed by atoms with van der Waals surface area (Å²) in [6, 6.07) is 3.17. The molecule has 1 saturated heterocycles. The van der Waals surface area contributed by atoms with Crippen LogP contribution in [0.3, 0.4) is 0 Å². The molecule has 3 rings (SSSR count). The summed E-state index contributed by atoms with van der Waals surface area (Å²) in [5.41, 5.74) is -0.861. The Balaban J connectivity index is 1.62. The fourth-order valence-corrected chi connectivity index (χ4v) is 4.50. The molecule has 1 aliphatic heterocycles. The van der Waals surface area contributed by atoms with E-state index in [0.717, 1.165) is 17.7 Å². The maximum absolute atomic E-state index is 12.3. The van der Waals surface area contributed by atoms with Crippen LogP contribution in [0.25, 0.3) is 0 Å². The molecule has 1 spiro atoms. The molecule has 3 N–H and O–H groups in total. The molecular weight excluding hydrogens is 338 g/mol. The van der Waals surface area contributed by atoms with Crippen LogP contribution in [0.15, 0.2) is 12.1 Å². The Morgan fingerprint density at radius 3 is 2.91 bits per heavy atom. The van der Waals surface area contributed by atoms with Crippen LogP contribution in [0.2, 0.25) is 4.34 Å². The SMILES string of the molecule is CC(C(=O)NCC1CCCC12NC(=O)NC2=O)c1ccc(Cl)s1. The topological polar surface area (TPSA) is 87.3 Å². The number of urea groups is 1. The van der Waals surface area contributed by atoms with Gasteiger partial charge in [0, 0.05) is 17.3 Å². The number of hydrogen-bond donors (Lipinski definition) is 3. The Morgan fingerprint density at radius 2 is 2.30 bits per heavy atom. The minimum absolute atomic E-state index is 0.0861. The third kappa shape index (κ3) is 2.95. The highest BCUT2D eigenvalue weighted by molar-refractivity contribution is 7.16. The standard InChI is InChI=1S/C15H18ClN3O3S/c1-8(10-4-5-11(16)23-10)12(20)17-7-9-3-2-6-15(9)13(21)18-14(22)19-15/h4-5,8-9H,2-3,6-7H2,1H3,(H,17,20)(H2,18,19,21,22). The Kier molecular flexibility index (Phi) is 4.33. The first-order valence-electron chi connectivity index (χ1n) is 7.59. The number of halogens is 1. The molecule has 2 heterocycles. The Bertz CT molecular complexity index is 662. The lowest BCUT2D eigenvalue weighted by Crippen LogP contribution is -2.53. The van der Waals surface area contributed by atoms with Gasteiger partial charge in [-0.15, -0.1) is 11.3 Å². The molecule has 3 unspecified atom stereocenters. The van der Waals surface area contributed by atoms with Crippen molar-refractivity contribution in [1.82, 2.24) is 16.0 Å². The number of carbonyl (C=O) groups excluding carboxylic acids is 3. The second-order valence-electron chi connectivity index (χ2n) is 6.08. The number of thiophene rings is 1. The highest BCUT2D eigenvalue weighted by atomic mass is 35.5. The monoisotopic (exact) mass is 355 g/mol. The normalized spacial score (nSPS) is 27.8. The van der Waals surface area contributed by atoms with Crippen LogP contribution in [0.1, 0.15) is 37.0 Å². The van der Waals surface area contributed by atoms with Crippen molar-refractivity contribution in [3.8, 4) is 0 Å². The molecular formula is C15H18ClN3O3S. The van der Waals surface area contributed by atoms with Crippen molar-refractivity contribution in [2.24, 2.45) is 5.92 Å². The van der Waals surface area contributed by atoms with E-state index in [-0.39, 0.29) is 23.7 Å². The van der Waals surface area contributed by atoms with Gasteiger partial charge in [-0.05, 0) is 31.9 Å². The molecule has 1 aliphatic carbocycles. The Labute approximate surface area is 143 Å². The van der Waals surface area contributed by atoms with Gasteiger partial charge in [0.15, 0.2) is 0 Å². The van der Waals surface area contributed by atoms with Crippen LogP contribution < -0.4 is 16.0 Å². The van der Waals surface area contributed by atoms with Gasteiger partial charge in [0.2, 0.25) is 5.91 Å². The van der Waals surface area contributed by atoms with E-state index in [2.05, 4.69) is 16.0 Å². The number of rotatable bonds is 4. The first-order valence-corrected chi connectivity index (χ1v) is 8.78. The fraction of sp³-hybridized carbons (Fsp3) is 0.533. The van der Waals surface area contributed by atoms with E-state index in [1.165, 1.54) is 11.3 Å². The van der Waals surface area contributed by atoms with E-state index in [0.29, 0.717) is 17.3 Å².